The molecule has 84 valence electrons. The summed E-state index contributed by atoms with van der Waals surface area (Å²) in [5.74, 6) is -0.960. The van der Waals surface area contributed by atoms with Gasteiger partial charge in [-0.2, -0.15) is 0 Å². The highest BCUT2D eigenvalue weighted by Gasteiger charge is 2.25. The molecule has 1 aliphatic rings. The minimum Gasteiger partial charge on any atom is -0.490 e. The Morgan fingerprint density at radius 3 is 2.62 bits per heavy atom. The average Bonchev–Trinajstić information content (AvgIpc) is 3.01. The van der Waals surface area contributed by atoms with Gasteiger partial charge in [-0.05, 0) is 18.9 Å². The molecule has 0 radical (unpaired) electrons. The van der Waals surface area contributed by atoms with Crippen LogP contribution in [0, 0.1) is 10.1 Å². The molecule has 1 saturated carbocycles. The first kappa shape index (κ1) is 10.4. The van der Waals surface area contributed by atoms with Crippen molar-refractivity contribution in [3.63, 3.8) is 0 Å². The number of nitrogens with zero attached hydrogens (tertiary/aromatic N) is 1. The third-order valence-electron chi connectivity index (χ3n) is 2.18. The van der Waals surface area contributed by atoms with Crippen molar-refractivity contribution >= 4 is 11.7 Å². The zero-order valence-corrected chi connectivity index (χ0v) is 8.25. The van der Waals surface area contributed by atoms with Gasteiger partial charge in [-0.15, -0.1) is 0 Å². The van der Waals surface area contributed by atoms with Gasteiger partial charge in [-0.3, -0.25) is 10.1 Å². The lowest BCUT2D eigenvalue weighted by Gasteiger charge is -2.05. The number of benzene rings is 1. The molecular formula is C10H9NO5. The summed E-state index contributed by atoms with van der Waals surface area (Å²) >= 11 is 0. The van der Waals surface area contributed by atoms with Crippen LogP contribution in [0.1, 0.15) is 23.2 Å². The molecule has 2 rings (SSSR count). The molecule has 6 nitrogen and oxygen atoms in total. The van der Waals surface area contributed by atoms with Crippen LogP contribution in [0.25, 0.3) is 0 Å². The summed E-state index contributed by atoms with van der Waals surface area (Å²) in [5, 5.41) is 19.4. The minimum atomic E-state index is -1.20. The van der Waals surface area contributed by atoms with Crippen molar-refractivity contribution < 1.29 is 19.6 Å². The lowest BCUT2D eigenvalue weighted by atomic mass is 10.2. The molecule has 0 aromatic heterocycles. The van der Waals surface area contributed by atoms with Crippen molar-refractivity contribution in [2.24, 2.45) is 0 Å². The third kappa shape index (κ3) is 2.28. The fraction of sp³-hybridized carbons (Fsp3) is 0.300. The van der Waals surface area contributed by atoms with Crippen LogP contribution in [0.2, 0.25) is 0 Å². The van der Waals surface area contributed by atoms with Crippen molar-refractivity contribution in [2.75, 3.05) is 0 Å². The van der Waals surface area contributed by atoms with Gasteiger partial charge in [0.05, 0.1) is 22.7 Å². The zero-order valence-electron chi connectivity index (χ0n) is 8.25. The van der Waals surface area contributed by atoms with E-state index in [1.54, 1.807) is 0 Å². The van der Waals surface area contributed by atoms with Gasteiger partial charge in [0.15, 0.2) is 0 Å². The number of non-ortho nitro benzene ring substituents is 1. The van der Waals surface area contributed by atoms with Crippen molar-refractivity contribution in [1.29, 1.82) is 0 Å². The summed E-state index contributed by atoms with van der Waals surface area (Å²) in [6, 6.07) is 3.56. The first-order valence-electron chi connectivity index (χ1n) is 4.75. The predicted molar refractivity (Wildman–Crippen MR) is 53.7 cm³/mol. The first-order valence-corrected chi connectivity index (χ1v) is 4.75. The van der Waals surface area contributed by atoms with Crippen LogP contribution >= 0.6 is 0 Å². The summed E-state index contributed by atoms with van der Waals surface area (Å²) in [6.45, 7) is 0. The quantitative estimate of drug-likeness (QED) is 0.621. The maximum Gasteiger partial charge on any atom is 0.336 e. The van der Waals surface area contributed by atoms with Gasteiger partial charge in [0, 0.05) is 6.07 Å². The fourth-order valence-corrected chi connectivity index (χ4v) is 1.26. The number of carboxylic acids is 1. The molecule has 16 heavy (non-hydrogen) atoms. The van der Waals surface area contributed by atoms with E-state index in [1.807, 2.05) is 0 Å². The van der Waals surface area contributed by atoms with E-state index in [9.17, 15) is 14.9 Å². The number of hydrogen-bond acceptors (Lipinski definition) is 4. The Bertz CT molecular complexity index is 420. The van der Waals surface area contributed by atoms with Crippen molar-refractivity contribution in [2.45, 2.75) is 18.9 Å². The number of hydrogen-bond donors (Lipinski definition) is 1. The molecule has 0 spiro atoms. The Morgan fingerprint density at radius 1 is 1.44 bits per heavy atom. The Hall–Kier alpha value is -2.11. The smallest absolute Gasteiger partial charge is 0.336 e. The number of carboxylic acid groups (broad SMARTS) is 1. The number of nitro groups is 1. The number of carbonyl (C=O) groups is 1. The van der Waals surface area contributed by atoms with Gasteiger partial charge in [0.25, 0.3) is 5.69 Å². The molecule has 0 heterocycles. The molecule has 0 atom stereocenters. The lowest BCUT2D eigenvalue weighted by Crippen LogP contribution is -2.02. The maximum atomic E-state index is 10.8. The second-order valence-electron chi connectivity index (χ2n) is 3.60. The number of rotatable bonds is 4. The van der Waals surface area contributed by atoms with Crippen LogP contribution in [0.15, 0.2) is 18.2 Å². The molecule has 1 aromatic rings. The summed E-state index contributed by atoms with van der Waals surface area (Å²) in [6.07, 6.45) is 1.89. The molecule has 0 amide bonds. The van der Waals surface area contributed by atoms with E-state index in [4.69, 9.17) is 9.84 Å². The maximum absolute atomic E-state index is 10.8. The van der Waals surface area contributed by atoms with Gasteiger partial charge in [-0.1, -0.05) is 0 Å². The highest BCUT2D eigenvalue weighted by atomic mass is 16.6. The molecule has 1 aliphatic carbocycles. The van der Waals surface area contributed by atoms with E-state index in [0.717, 1.165) is 18.9 Å². The molecule has 0 bridgehead atoms. The molecule has 1 fully saturated rings. The summed E-state index contributed by atoms with van der Waals surface area (Å²) < 4.78 is 5.34. The van der Waals surface area contributed by atoms with Crippen molar-refractivity contribution in [3.05, 3.63) is 33.9 Å². The Morgan fingerprint density at radius 2 is 2.12 bits per heavy atom. The van der Waals surface area contributed by atoms with Crippen molar-refractivity contribution in [1.82, 2.24) is 0 Å². The normalized spacial score (nSPS) is 14.5. The molecule has 0 unspecified atom stereocenters. The van der Waals surface area contributed by atoms with E-state index < -0.39 is 10.9 Å². The SMILES string of the molecule is O=C(O)c1cc(OC2CC2)cc([N+](=O)[O-])c1. The standard InChI is InChI=1S/C10H9NO5/c12-10(13)6-3-7(11(14)15)5-9(4-6)16-8-1-2-8/h3-5,8H,1-2H2,(H,12,13). The Balaban J connectivity index is 2.35. The highest BCUT2D eigenvalue weighted by Crippen LogP contribution is 2.30. The molecule has 0 aliphatic heterocycles. The Kier molecular flexibility index (Phi) is 2.47. The molecule has 1 N–H and O–H groups in total. The van der Waals surface area contributed by atoms with Gasteiger partial charge in [-0.25, -0.2) is 4.79 Å². The van der Waals surface area contributed by atoms with Crippen LogP contribution in [-0.4, -0.2) is 22.1 Å². The minimum absolute atomic E-state index is 0.0728. The van der Waals surface area contributed by atoms with Crippen LogP contribution in [0.4, 0.5) is 5.69 Å². The second-order valence-corrected chi connectivity index (χ2v) is 3.60. The second kappa shape index (κ2) is 3.80. The van der Waals surface area contributed by atoms with Gasteiger partial charge >= 0.3 is 5.97 Å². The lowest BCUT2D eigenvalue weighted by molar-refractivity contribution is -0.385. The van der Waals surface area contributed by atoms with E-state index in [0.29, 0.717) is 0 Å². The largest absolute Gasteiger partial charge is 0.490 e. The van der Waals surface area contributed by atoms with Crippen LogP contribution in [0.3, 0.4) is 0 Å². The van der Waals surface area contributed by atoms with Crippen LogP contribution in [-0.2, 0) is 0 Å². The van der Waals surface area contributed by atoms with Crippen molar-refractivity contribution in [3.8, 4) is 5.75 Å². The van der Waals surface area contributed by atoms with E-state index in [1.165, 1.54) is 12.1 Å². The van der Waals surface area contributed by atoms with E-state index in [-0.39, 0.29) is 23.1 Å². The first-order chi connectivity index (χ1) is 7.56. The topological polar surface area (TPSA) is 89.7 Å². The van der Waals surface area contributed by atoms with E-state index >= 15 is 0 Å². The van der Waals surface area contributed by atoms with Crippen LogP contribution in [0.5, 0.6) is 5.75 Å². The summed E-state index contributed by atoms with van der Waals surface area (Å²) in [5.41, 5.74) is -0.402. The monoisotopic (exact) mass is 223 g/mol. The van der Waals surface area contributed by atoms with Gasteiger partial charge in [0.2, 0.25) is 0 Å². The highest BCUT2D eigenvalue weighted by molar-refractivity contribution is 5.89. The molecular weight excluding hydrogens is 214 g/mol. The third-order valence-corrected chi connectivity index (χ3v) is 2.18. The summed E-state index contributed by atoms with van der Waals surface area (Å²) in [7, 11) is 0. The average molecular weight is 223 g/mol. The van der Waals surface area contributed by atoms with Gasteiger partial charge in [0.1, 0.15) is 5.75 Å². The van der Waals surface area contributed by atoms with Crippen LogP contribution < -0.4 is 4.74 Å². The fourth-order valence-electron chi connectivity index (χ4n) is 1.26. The Labute approximate surface area is 90.6 Å². The molecule has 0 saturated heterocycles. The number of aromatic carboxylic acids is 1. The zero-order chi connectivity index (χ0) is 11.7. The molecule has 6 heteroatoms. The van der Waals surface area contributed by atoms with Gasteiger partial charge < -0.3 is 9.84 Å². The molecule has 1 aromatic carbocycles. The predicted octanol–water partition coefficient (Wildman–Crippen LogP) is 1.83. The summed E-state index contributed by atoms with van der Waals surface area (Å²) in [4.78, 5) is 20.7. The number of nitro benzene ring substituents is 1. The van der Waals surface area contributed by atoms with E-state index in [2.05, 4.69) is 0 Å². The number of ether oxygens (including phenoxy) is 1.